The maximum atomic E-state index is 14.0. The number of esters is 2. The number of hydrogen-bond acceptors (Lipinski definition) is 5. The van der Waals surface area contributed by atoms with Gasteiger partial charge in [0, 0.05) is 17.1 Å². The molecule has 0 aliphatic heterocycles. The summed E-state index contributed by atoms with van der Waals surface area (Å²) >= 11 is 0.0550. The molecule has 2 aromatic rings. The molecule has 0 aromatic heterocycles. The van der Waals surface area contributed by atoms with E-state index in [0.29, 0.717) is 24.3 Å². The summed E-state index contributed by atoms with van der Waals surface area (Å²) in [5.74, 6) is -81.1. The predicted molar refractivity (Wildman–Crippen MR) is 150 cm³/mol. The van der Waals surface area contributed by atoms with E-state index < -0.39 is 126 Å². The van der Waals surface area contributed by atoms with Crippen LogP contribution in [0.25, 0.3) is 0 Å². The monoisotopic (exact) mass is 966 g/mol. The molecule has 0 unspecified atom stereocenters. The predicted octanol–water partition coefficient (Wildman–Crippen LogP) is 12.4. The van der Waals surface area contributed by atoms with E-state index in [-0.39, 0.29) is 16.7 Å². The zero-order valence-electron chi connectivity index (χ0n) is 28.3. The Balaban J connectivity index is 2.03. The van der Waals surface area contributed by atoms with Gasteiger partial charge in [0.1, 0.15) is 5.75 Å². The Kier molecular flexibility index (Phi) is 14.4. The summed E-state index contributed by atoms with van der Waals surface area (Å²) in [6.07, 6.45) is -20.6. The van der Waals surface area contributed by atoms with E-state index in [0.717, 1.165) is 24.3 Å². The lowest BCUT2D eigenvalue weighted by molar-refractivity contribution is -0.440. The molecule has 0 aliphatic rings. The van der Waals surface area contributed by atoms with Gasteiger partial charge in [-0.2, -0.15) is 114 Å². The van der Waals surface area contributed by atoms with Crippen molar-refractivity contribution in [2.24, 2.45) is 0 Å². The van der Waals surface area contributed by atoms with Crippen LogP contribution in [0.4, 0.5) is 114 Å². The van der Waals surface area contributed by atoms with Crippen molar-refractivity contribution in [2.75, 3.05) is 12.4 Å². The Hall–Kier alpha value is -4.09. The Bertz CT molecular complexity index is 1850. The number of alkyl halides is 26. The molecule has 0 aliphatic carbocycles. The number of ether oxygens (including phenoxy) is 2. The van der Waals surface area contributed by atoms with Gasteiger partial charge >= 0.3 is 83.5 Å². The SMILES string of the molecule is O=C(OCCC(F)(F)C(F)(F)C(F)(F)C(F)(F)C(F)(F)C(F)(F)F)c1ccc(OC(=O)c2ccc(SCCC(F)(F)C(F)(F)C(F)(F)C(F)(F)C(F)(F)C(F)(F)F)cc2)cc1. The molecule has 2 rings (SSSR count). The molecular weight excluding hydrogens is 950 g/mol. The lowest BCUT2D eigenvalue weighted by atomic mass is 9.93. The molecule has 2 aromatic carbocycles. The molecular formula is C30H16F26O4S. The van der Waals surface area contributed by atoms with Gasteiger partial charge in [-0.25, -0.2) is 9.59 Å². The maximum absolute atomic E-state index is 14.0. The van der Waals surface area contributed by atoms with Crippen LogP contribution in [0, 0.1) is 0 Å². The third-order valence-electron chi connectivity index (χ3n) is 7.72. The fourth-order valence-electron chi connectivity index (χ4n) is 4.08. The standard InChI is InChI=1S/C30H16F26O4S/c31-19(32,21(35,36)23(39,40)25(43,44)27(47,48)29(51,52)53)9-11-59-17(57)13-1-5-15(6-2-13)60-18(58)14-3-7-16(8-4-14)61-12-10-20(33,34)22(37,38)24(41,42)26(45,46)28(49,50)30(54,55)56/h1-8H,9-12H2. The van der Waals surface area contributed by atoms with Crippen molar-refractivity contribution in [2.45, 2.75) is 89.3 Å². The van der Waals surface area contributed by atoms with Gasteiger partial charge in [0.2, 0.25) is 0 Å². The zero-order chi connectivity index (χ0) is 48.1. The Morgan fingerprint density at radius 1 is 0.410 bits per heavy atom. The van der Waals surface area contributed by atoms with Crippen LogP contribution in [0.3, 0.4) is 0 Å². The Morgan fingerprint density at radius 3 is 1.11 bits per heavy atom. The number of benzene rings is 2. The summed E-state index contributed by atoms with van der Waals surface area (Å²) < 4.78 is 353. The second kappa shape index (κ2) is 16.6. The van der Waals surface area contributed by atoms with Crippen molar-refractivity contribution < 1.29 is 133 Å². The largest absolute Gasteiger partial charge is 0.462 e. The van der Waals surface area contributed by atoms with Crippen molar-refractivity contribution in [3.63, 3.8) is 0 Å². The summed E-state index contributed by atoms with van der Waals surface area (Å²) in [4.78, 5) is 24.1. The molecule has 0 radical (unpaired) electrons. The van der Waals surface area contributed by atoms with Crippen LogP contribution in [0.5, 0.6) is 5.75 Å². The minimum atomic E-state index is -8.14. The Morgan fingerprint density at radius 2 is 0.738 bits per heavy atom. The average molecular weight is 966 g/mol. The first-order chi connectivity index (χ1) is 26.9. The van der Waals surface area contributed by atoms with Gasteiger partial charge < -0.3 is 9.47 Å². The van der Waals surface area contributed by atoms with Crippen LogP contribution < -0.4 is 4.74 Å². The van der Waals surface area contributed by atoms with Crippen LogP contribution in [0.15, 0.2) is 53.4 Å². The maximum Gasteiger partial charge on any atom is 0.460 e. The number of rotatable bonds is 18. The number of halogens is 26. The summed E-state index contributed by atoms with van der Waals surface area (Å²) in [5, 5.41) is 0. The lowest BCUT2D eigenvalue weighted by Gasteiger charge is -2.39. The second-order valence-corrected chi connectivity index (χ2v) is 13.1. The first-order valence-corrected chi connectivity index (χ1v) is 16.1. The third kappa shape index (κ3) is 9.34. The van der Waals surface area contributed by atoms with Gasteiger partial charge in [-0.05, 0) is 48.5 Å². The molecule has 0 N–H and O–H groups in total. The normalized spacial score (nSPS) is 14.9. The highest BCUT2D eigenvalue weighted by molar-refractivity contribution is 7.99. The van der Waals surface area contributed by atoms with Crippen LogP contribution in [-0.2, 0) is 4.74 Å². The van der Waals surface area contributed by atoms with E-state index in [1.165, 1.54) is 0 Å². The van der Waals surface area contributed by atoms with Gasteiger partial charge in [-0.1, -0.05) is 0 Å². The summed E-state index contributed by atoms with van der Waals surface area (Å²) in [7, 11) is 0. The summed E-state index contributed by atoms with van der Waals surface area (Å²) in [6.45, 7) is -2.08. The highest BCUT2D eigenvalue weighted by Gasteiger charge is 2.92. The molecule has 0 fully saturated rings. The van der Waals surface area contributed by atoms with Crippen molar-refractivity contribution in [1.29, 1.82) is 0 Å². The summed E-state index contributed by atoms with van der Waals surface area (Å²) in [5.41, 5.74) is -1.21. The van der Waals surface area contributed by atoms with E-state index in [2.05, 4.69) is 4.74 Å². The van der Waals surface area contributed by atoms with Crippen LogP contribution >= 0.6 is 11.8 Å². The molecule has 0 amide bonds. The molecule has 0 spiro atoms. The van der Waals surface area contributed by atoms with Gasteiger partial charge in [0.15, 0.2) is 0 Å². The van der Waals surface area contributed by atoms with E-state index in [1.807, 2.05) is 0 Å². The van der Waals surface area contributed by atoms with Crippen molar-refractivity contribution in [1.82, 2.24) is 0 Å². The van der Waals surface area contributed by atoms with Crippen molar-refractivity contribution in [3.8, 4) is 5.75 Å². The van der Waals surface area contributed by atoms with Crippen LogP contribution in [-0.4, -0.2) is 95.9 Å². The smallest absolute Gasteiger partial charge is 0.460 e. The second-order valence-electron chi connectivity index (χ2n) is 11.9. The lowest BCUT2D eigenvalue weighted by Crippen LogP contribution is -2.70. The minimum Gasteiger partial charge on any atom is -0.462 e. The minimum absolute atomic E-state index is 0.0550. The molecule has 0 bridgehead atoms. The molecule has 0 saturated heterocycles. The van der Waals surface area contributed by atoms with Crippen molar-refractivity contribution >= 4 is 23.7 Å². The van der Waals surface area contributed by atoms with E-state index >= 15 is 0 Å². The quantitative estimate of drug-likeness (QED) is 0.0645. The van der Waals surface area contributed by atoms with E-state index in [9.17, 15) is 124 Å². The molecule has 0 saturated carbocycles. The molecule has 348 valence electrons. The van der Waals surface area contributed by atoms with Gasteiger partial charge in [-0.15, -0.1) is 11.8 Å². The van der Waals surface area contributed by atoms with Gasteiger partial charge in [0.25, 0.3) is 0 Å². The molecule has 0 atom stereocenters. The van der Waals surface area contributed by atoms with Gasteiger partial charge in [-0.3, -0.25) is 0 Å². The van der Waals surface area contributed by atoms with Crippen LogP contribution in [0.2, 0.25) is 0 Å². The molecule has 61 heavy (non-hydrogen) atoms. The highest BCUT2D eigenvalue weighted by Crippen LogP contribution is 2.62. The zero-order valence-corrected chi connectivity index (χ0v) is 29.1. The van der Waals surface area contributed by atoms with E-state index in [4.69, 9.17) is 4.74 Å². The first-order valence-electron chi connectivity index (χ1n) is 15.1. The topological polar surface area (TPSA) is 52.6 Å². The molecule has 0 heterocycles. The van der Waals surface area contributed by atoms with Crippen molar-refractivity contribution in [3.05, 3.63) is 59.7 Å². The average Bonchev–Trinajstić information content (AvgIpc) is 3.10. The van der Waals surface area contributed by atoms with E-state index in [1.54, 1.807) is 0 Å². The molecule has 4 nitrogen and oxygen atoms in total. The fraction of sp³-hybridized carbons (Fsp3) is 0.533. The first kappa shape index (κ1) is 53.0. The molecule has 31 heteroatoms. The number of hydrogen-bond donors (Lipinski definition) is 0. The third-order valence-corrected chi connectivity index (χ3v) is 8.74. The van der Waals surface area contributed by atoms with Gasteiger partial charge in [0.05, 0.1) is 24.2 Å². The van der Waals surface area contributed by atoms with Crippen LogP contribution in [0.1, 0.15) is 33.6 Å². The number of carbonyl (C=O) groups excluding carboxylic acids is 2. The highest BCUT2D eigenvalue weighted by atomic mass is 32.2. The number of thioether (sulfide) groups is 1. The fourth-order valence-corrected chi connectivity index (χ4v) is 5.01. The summed E-state index contributed by atoms with van der Waals surface area (Å²) in [6, 6.07) is 5.94. The number of carbonyl (C=O) groups is 2. The Labute approximate surface area is 324 Å².